The number of hydrogen-bond donors (Lipinski definition) is 1. The number of rotatable bonds is 3. The molecule has 28 heavy (non-hydrogen) atoms. The summed E-state index contributed by atoms with van der Waals surface area (Å²) in [5.41, 5.74) is 1.89. The summed E-state index contributed by atoms with van der Waals surface area (Å²) in [7, 11) is 0. The van der Waals surface area contributed by atoms with Gasteiger partial charge in [-0.2, -0.15) is 0 Å². The van der Waals surface area contributed by atoms with Crippen molar-refractivity contribution >= 4 is 54.9 Å². The molecule has 1 amide bonds. The van der Waals surface area contributed by atoms with Gasteiger partial charge in [-0.15, -0.1) is 11.3 Å². The molecule has 0 saturated carbocycles. The van der Waals surface area contributed by atoms with E-state index in [0.717, 1.165) is 14.8 Å². The third kappa shape index (κ3) is 2.81. The monoisotopic (exact) mass is 455 g/mol. The van der Waals surface area contributed by atoms with Crippen molar-refractivity contribution in [2.75, 3.05) is 5.32 Å². The second-order valence-electron chi connectivity index (χ2n) is 6.09. The molecule has 5 rings (SSSR count). The van der Waals surface area contributed by atoms with E-state index in [9.17, 15) is 9.18 Å². The highest BCUT2D eigenvalue weighted by atomic mass is 79.9. The van der Waals surface area contributed by atoms with E-state index in [1.54, 1.807) is 22.6 Å². The van der Waals surface area contributed by atoms with E-state index in [1.807, 2.05) is 29.8 Å². The molecule has 2 aromatic carbocycles. The minimum atomic E-state index is -0.389. The van der Waals surface area contributed by atoms with Crippen molar-refractivity contribution in [3.63, 3.8) is 0 Å². The molecule has 0 spiro atoms. The van der Waals surface area contributed by atoms with Crippen LogP contribution in [-0.4, -0.2) is 15.3 Å². The van der Waals surface area contributed by atoms with Crippen LogP contribution in [0, 0.1) is 5.82 Å². The number of anilines is 1. The van der Waals surface area contributed by atoms with Gasteiger partial charge in [-0.3, -0.25) is 9.20 Å². The molecule has 5 nitrogen and oxygen atoms in total. The van der Waals surface area contributed by atoms with Crippen LogP contribution in [0.2, 0.25) is 0 Å². The van der Waals surface area contributed by atoms with E-state index in [-0.39, 0.29) is 17.5 Å². The van der Waals surface area contributed by atoms with Crippen LogP contribution in [0.15, 0.2) is 69.0 Å². The van der Waals surface area contributed by atoms with Crippen molar-refractivity contribution in [3.05, 3.63) is 76.2 Å². The summed E-state index contributed by atoms with van der Waals surface area (Å²) in [5, 5.41) is 5.60. The molecule has 8 heteroatoms. The zero-order valence-corrected chi connectivity index (χ0v) is 16.6. The molecule has 138 valence electrons. The SMILES string of the molecule is O=C(Nc1c(-c2ccc(F)cc2)nc2sccn12)c1cc2cccc(Br)c2o1. The first-order valence-corrected chi connectivity index (χ1v) is 9.98. The summed E-state index contributed by atoms with van der Waals surface area (Å²) >= 11 is 4.87. The lowest BCUT2D eigenvalue weighted by Crippen LogP contribution is -2.13. The second-order valence-corrected chi connectivity index (χ2v) is 7.82. The number of para-hydroxylation sites is 1. The van der Waals surface area contributed by atoms with E-state index in [4.69, 9.17) is 4.42 Å². The highest BCUT2D eigenvalue weighted by Gasteiger charge is 2.20. The minimum Gasteiger partial charge on any atom is -0.450 e. The minimum absolute atomic E-state index is 0.192. The molecule has 0 aliphatic heterocycles. The van der Waals surface area contributed by atoms with Crippen molar-refractivity contribution in [2.24, 2.45) is 0 Å². The molecule has 0 saturated heterocycles. The Morgan fingerprint density at radius 3 is 2.82 bits per heavy atom. The molecule has 0 unspecified atom stereocenters. The summed E-state index contributed by atoms with van der Waals surface area (Å²) < 4.78 is 21.6. The van der Waals surface area contributed by atoms with Crippen LogP contribution in [0.3, 0.4) is 0 Å². The van der Waals surface area contributed by atoms with Gasteiger partial charge in [0.1, 0.15) is 22.9 Å². The van der Waals surface area contributed by atoms with Gasteiger partial charge in [-0.1, -0.05) is 12.1 Å². The third-order valence-electron chi connectivity index (χ3n) is 4.33. The maximum Gasteiger partial charge on any atom is 0.292 e. The number of thiazole rings is 1. The first-order valence-electron chi connectivity index (χ1n) is 8.31. The fourth-order valence-electron chi connectivity index (χ4n) is 3.02. The zero-order valence-electron chi connectivity index (χ0n) is 14.1. The number of halogens is 2. The highest BCUT2D eigenvalue weighted by molar-refractivity contribution is 9.10. The Hall–Kier alpha value is -2.97. The van der Waals surface area contributed by atoms with Gasteiger partial charge in [0.05, 0.1) is 4.47 Å². The molecule has 0 radical (unpaired) electrons. The fraction of sp³-hybridized carbons (Fsp3) is 0. The van der Waals surface area contributed by atoms with Gasteiger partial charge in [-0.05, 0) is 52.3 Å². The Morgan fingerprint density at radius 2 is 2.04 bits per heavy atom. The van der Waals surface area contributed by atoms with Crippen molar-refractivity contribution < 1.29 is 13.6 Å². The molecule has 5 aromatic rings. The predicted molar refractivity (Wildman–Crippen MR) is 110 cm³/mol. The number of hydrogen-bond acceptors (Lipinski definition) is 4. The van der Waals surface area contributed by atoms with Crippen LogP contribution >= 0.6 is 27.3 Å². The Labute approximate surface area is 170 Å². The Kier molecular flexibility index (Phi) is 4.03. The summed E-state index contributed by atoms with van der Waals surface area (Å²) in [6.07, 6.45) is 1.82. The van der Waals surface area contributed by atoms with Crippen LogP contribution in [0.1, 0.15) is 10.6 Å². The van der Waals surface area contributed by atoms with Gasteiger partial charge in [0.15, 0.2) is 10.7 Å². The van der Waals surface area contributed by atoms with Crippen LogP contribution in [0.25, 0.3) is 27.2 Å². The van der Waals surface area contributed by atoms with Gasteiger partial charge >= 0.3 is 0 Å². The zero-order chi connectivity index (χ0) is 19.3. The van der Waals surface area contributed by atoms with E-state index < -0.39 is 0 Å². The Morgan fingerprint density at radius 1 is 1.21 bits per heavy atom. The number of nitrogens with one attached hydrogen (secondary N) is 1. The number of carbonyl (C=O) groups excluding carboxylic acids is 1. The van der Waals surface area contributed by atoms with Gasteiger partial charge in [-0.25, -0.2) is 9.37 Å². The number of nitrogens with zero attached hydrogens (tertiary/aromatic N) is 2. The second kappa shape index (κ2) is 6.57. The molecule has 1 N–H and O–H groups in total. The number of carbonyl (C=O) groups is 1. The van der Waals surface area contributed by atoms with Crippen LogP contribution in [-0.2, 0) is 0 Å². The number of amides is 1. The third-order valence-corrected chi connectivity index (χ3v) is 5.71. The Balaban J connectivity index is 1.57. The number of benzene rings is 2. The molecular weight excluding hydrogens is 445 g/mol. The first kappa shape index (κ1) is 17.2. The van der Waals surface area contributed by atoms with Crippen LogP contribution in [0.5, 0.6) is 0 Å². The van der Waals surface area contributed by atoms with Gasteiger partial charge in [0, 0.05) is 22.5 Å². The van der Waals surface area contributed by atoms with E-state index in [0.29, 0.717) is 22.7 Å². The lowest BCUT2D eigenvalue weighted by atomic mass is 10.1. The van der Waals surface area contributed by atoms with Crippen LogP contribution < -0.4 is 5.32 Å². The van der Waals surface area contributed by atoms with Crippen molar-refractivity contribution in [1.82, 2.24) is 9.38 Å². The largest absolute Gasteiger partial charge is 0.450 e. The fourth-order valence-corrected chi connectivity index (χ4v) is 4.20. The molecule has 3 aromatic heterocycles. The standard InChI is InChI=1S/C20H11BrFN3O2S/c21-14-3-1-2-12-10-15(27-17(12)14)19(26)24-18-16(11-4-6-13(22)7-5-11)23-20-25(18)8-9-28-20/h1-10H,(H,24,26). The molecule has 0 bridgehead atoms. The lowest BCUT2D eigenvalue weighted by Gasteiger charge is -2.05. The first-order chi connectivity index (χ1) is 13.6. The van der Waals surface area contributed by atoms with Gasteiger partial charge < -0.3 is 9.73 Å². The smallest absolute Gasteiger partial charge is 0.292 e. The van der Waals surface area contributed by atoms with Crippen molar-refractivity contribution in [3.8, 4) is 11.3 Å². The quantitative estimate of drug-likeness (QED) is 0.364. The van der Waals surface area contributed by atoms with Crippen LogP contribution in [0.4, 0.5) is 10.2 Å². The van der Waals surface area contributed by atoms with Crippen molar-refractivity contribution in [2.45, 2.75) is 0 Å². The van der Waals surface area contributed by atoms with Crippen molar-refractivity contribution in [1.29, 1.82) is 0 Å². The number of furan rings is 1. The topological polar surface area (TPSA) is 59.5 Å². The number of imidazole rings is 1. The highest BCUT2D eigenvalue weighted by Crippen LogP contribution is 2.32. The summed E-state index contributed by atoms with van der Waals surface area (Å²) in [4.78, 5) is 18.2. The number of aromatic nitrogens is 2. The molecular formula is C20H11BrFN3O2S. The summed E-state index contributed by atoms with van der Waals surface area (Å²) in [6.45, 7) is 0. The summed E-state index contributed by atoms with van der Waals surface area (Å²) in [6, 6.07) is 13.3. The van der Waals surface area contributed by atoms with E-state index >= 15 is 0 Å². The predicted octanol–water partition coefficient (Wildman–Crippen LogP) is 5.96. The molecule has 0 aliphatic carbocycles. The lowest BCUT2D eigenvalue weighted by molar-refractivity contribution is 0.0998. The molecule has 0 atom stereocenters. The van der Waals surface area contributed by atoms with E-state index in [2.05, 4.69) is 26.2 Å². The maximum absolute atomic E-state index is 13.3. The average Bonchev–Trinajstić information content (AvgIpc) is 3.38. The maximum atomic E-state index is 13.3. The van der Waals surface area contributed by atoms with Gasteiger partial charge in [0.25, 0.3) is 5.91 Å². The number of fused-ring (bicyclic) bond motifs is 2. The molecule has 0 aliphatic rings. The van der Waals surface area contributed by atoms with Gasteiger partial charge in [0.2, 0.25) is 0 Å². The molecule has 0 fully saturated rings. The summed E-state index contributed by atoms with van der Waals surface area (Å²) in [5.74, 6) is -0.0211. The normalized spacial score (nSPS) is 11.4. The average molecular weight is 456 g/mol. The Bertz CT molecular complexity index is 1340. The molecule has 3 heterocycles. The van der Waals surface area contributed by atoms with E-state index in [1.165, 1.54) is 23.5 Å².